The predicted octanol–water partition coefficient (Wildman–Crippen LogP) is 5.40. The number of hydrogen-bond donors (Lipinski definition) is 0. The highest BCUT2D eigenvalue weighted by Gasteiger charge is 2.11. The van der Waals surface area contributed by atoms with Crippen molar-refractivity contribution in [1.29, 1.82) is 0 Å². The maximum atomic E-state index is 5.59. The van der Waals surface area contributed by atoms with Crippen LogP contribution in [0.1, 0.15) is 25.8 Å². The molecule has 2 aromatic heterocycles. The second-order valence-corrected chi connectivity index (χ2v) is 7.00. The maximum Gasteiger partial charge on any atom is 0.190 e. The van der Waals surface area contributed by atoms with E-state index >= 15 is 0 Å². The minimum absolute atomic E-state index is 0.652. The molecule has 3 aromatic rings. The Hall–Kier alpha value is -2.07. The Kier molecular flexibility index (Phi) is 4.82. The summed E-state index contributed by atoms with van der Waals surface area (Å²) in [6.45, 7) is 7.53. The van der Waals surface area contributed by atoms with Gasteiger partial charge in [-0.1, -0.05) is 26.0 Å². The van der Waals surface area contributed by atoms with Crippen LogP contribution in [0, 0.1) is 12.8 Å². The van der Waals surface area contributed by atoms with Crippen LogP contribution in [0.4, 0.5) is 5.69 Å². The van der Waals surface area contributed by atoms with Gasteiger partial charge in [0.1, 0.15) is 0 Å². The van der Waals surface area contributed by atoms with Gasteiger partial charge in [0.2, 0.25) is 0 Å². The molecule has 0 fully saturated rings. The summed E-state index contributed by atoms with van der Waals surface area (Å²) in [6.07, 6.45) is 2.84. The molecule has 0 spiro atoms. The molecule has 2 heterocycles. The lowest BCUT2D eigenvalue weighted by Crippen LogP contribution is -2.17. The third kappa shape index (κ3) is 3.82. The van der Waals surface area contributed by atoms with Crippen molar-refractivity contribution < 1.29 is 4.42 Å². The summed E-state index contributed by atoms with van der Waals surface area (Å²) in [5.74, 6) is 1.55. The summed E-state index contributed by atoms with van der Waals surface area (Å²) >= 11 is 1.66. The minimum atomic E-state index is 0.652. The lowest BCUT2D eigenvalue weighted by atomic mass is 10.1. The Bertz CT molecular complexity index is 825. The molecule has 0 unspecified atom stereocenters. The van der Waals surface area contributed by atoms with Gasteiger partial charge in [0, 0.05) is 11.9 Å². The van der Waals surface area contributed by atoms with Crippen molar-refractivity contribution in [1.82, 2.24) is 4.57 Å². The highest BCUT2D eigenvalue weighted by Crippen LogP contribution is 2.22. The predicted molar refractivity (Wildman–Crippen MR) is 95.9 cm³/mol. The SMILES string of the molecule is Cc1cccc(N=c2scc(-c3ccco3)n2CCC(C)C)c1. The number of furan rings is 1. The zero-order chi connectivity index (χ0) is 16.2. The first-order chi connectivity index (χ1) is 11.1. The Balaban J connectivity index is 2.06. The maximum absolute atomic E-state index is 5.59. The van der Waals surface area contributed by atoms with Gasteiger partial charge in [-0.25, -0.2) is 4.99 Å². The van der Waals surface area contributed by atoms with Gasteiger partial charge in [0.05, 0.1) is 17.6 Å². The zero-order valence-corrected chi connectivity index (χ0v) is 14.6. The van der Waals surface area contributed by atoms with E-state index in [9.17, 15) is 0 Å². The van der Waals surface area contributed by atoms with Crippen molar-refractivity contribution in [3.63, 3.8) is 0 Å². The van der Waals surface area contributed by atoms with E-state index in [1.807, 2.05) is 24.3 Å². The van der Waals surface area contributed by atoms with Crippen LogP contribution in [-0.2, 0) is 6.54 Å². The molecule has 23 heavy (non-hydrogen) atoms. The van der Waals surface area contributed by atoms with Crippen LogP contribution in [0.25, 0.3) is 11.5 Å². The summed E-state index contributed by atoms with van der Waals surface area (Å²) in [6, 6.07) is 12.2. The van der Waals surface area contributed by atoms with Gasteiger partial charge in [-0.2, -0.15) is 0 Å². The third-order valence-electron chi connectivity index (χ3n) is 3.73. The smallest absolute Gasteiger partial charge is 0.190 e. The lowest BCUT2D eigenvalue weighted by Gasteiger charge is -2.09. The van der Waals surface area contributed by atoms with Gasteiger partial charge in [-0.05, 0) is 49.1 Å². The van der Waals surface area contributed by atoms with E-state index in [2.05, 4.69) is 42.9 Å². The molecule has 0 N–H and O–H groups in total. The van der Waals surface area contributed by atoms with Crippen LogP contribution in [0.15, 0.2) is 57.5 Å². The lowest BCUT2D eigenvalue weighted by molar-refractivity contribution is 0.505. The summed E-state index contributed by atoms with van der Waals surface area (Å²) in [5, 5.41) is 2.13. The van der Waals surface area contributed by atoms with Gasteiger partial charge in [-0.3, -0.25) is 0 Å². The van der Waals surface area contributed by atoms with E-state index in [0.29, 0.717) is 5.92 Å². The molecular weight excluding hydrogens is 304 g/mol. The summed E-state index contributed by atoms with van der Waals surface area (Å²) in [4.78, 5) is 5.87. The van der Waals surface area contributed by atoms with Crippen molar-refractivity contribution in [3.8, 4) is 11.5 Å². The second-order valence-electron chi connectivity index (χ2n) is 6.17. The van der Waals surface area contributed by atoms with Gasteiger partial charge >= 0.3 is 0 Å². The first-order valence-corrected chi connectivity index (χ1v) is 8.85. The molecule has 120 valence electrons. The van der Waals surface area contributed by atoms with Crippen molar-refractivity contribution in [2.45, 2.75) is 33.7 Å². The van der Waals surface area contributed by atoms with E-state index in [4.69, 9.17) is 9.41 Å². The fourth-order valence-corrected chi connectivity index (χ4v) is 3.39. The van der Waals surface area contributed by atoms with Crippen LogP contribution >= 0.6 is 11.3 Å². The van der Waals surface area contributed by atoms with E-state index in [0.717, 1.165) is 34.9 Å². The molecule has 0 aliphatic rings. The number of aromatic nitrogens is 1. The fourth-order valence-electron chi connectivity index (χ4n) is 2.45. The monoisotopic (exact) mass is 326 g/mol. The Morgan fingerprint density at radius 3 is 2.78 bits per heavy atom. The second kappa shape index (κ2) is 7.01. The molecule has 0 saturated carbocycles. The molecule has 3 rings (SSSR count). The van der Waals surface area contributed by atoms with Crippen molar-refractivity contribution >= 4 is 17.0 Å². The average molecular weight is 326 g/mol. The molecule has 0 saturated heterocycles. The fraction of sp³-hybridized carbons (Fsp3) is 0.316. The summed E-state index contributed by atoms with van der Waals surface area (Å²) in [7, 11) is 0. The van der Waals surface area contributed by atoms with Crippen LogP contribution in [0.5, 0.6) is 0 Å². The minimum Gasteiger partial charge on any atom is -0.463 e. The Morgan fingerprint density at radius 2 is 2.09 bits per heavy atom. The summed E-state index contributed by atoms with van der Waals surface area (Å²) in [5.41, 5.74) is 3.32. The van der Waals surface area contributed by atoms with Crippen LogP contribution in [0.3, 0.4) is 0 Å². The molecule has 3 nitrogen and oxygen atoms in total. The molecule has 0 aliphatic heterocycles. The van der Waals surface area contributed by atoms with Crippen molar-refractivity contribution in [2.75, 3.05) is 0 Å². The molecule has 0 amide bonds. The molecule has 1 aromatic carbocycles. The molecule has 0 bridgehead atoms. The molecular formula is C19H22N2OS. The Morgan fingerprint density at radius 1 is 1.22 bits per heavy atom. The first kappa shape index (κ1) is 15.8. The standard InChI is InChI=1S/C19H22N2OS/c1-14(2)9-10-21-17(18-8-5-11-22-18)13-23-19(21)20-16-7-4-6-15(3)12-16/h4-8,11-14H,9-10H2,1-3H3. The topological polar surface area (TPSA) is 30.4 Å². The number of benzene rings is 1. The summed E-state index contributed by atoms with van der Waals surface area (Å²) < 4.78 is 7.86. The number of nitrogens with zero attached hydrogens (tertiary/aromatic N) is 2. The highest BCUT2D eigenvalue weighted by atomic mass is 32.1. The average Bonchev–Trinajstić information content (AvgIpc) is 3.14. The zero-order valence-electron chi connectivity index (χ0n) is 13.8. The first-order valence-electron chi connectivity index (χ1n) is 7.97. The molecule has 0 radical (unpaired) electrons. The van der Waals surface area contributed by atoms with Crippen LogP contribution in [-0.4, -0.2) is 4.57 Å². The highest BCUT2D eigenvalue weighted by molar-refractivity contribution is 7.07. The number of hydrogen-bond acceptors (Lipinski definition) is 3. The normalized spacial score (nSPS) is 12.3. The van der Waals surface area contributed by atoms with Crippen molar-refractivity contribution in [3.05, 3.63) is 58.4 Å². The van der Waals surface area contributed by atoms with Crippen LogP contribution < -0.4 is 4.80 Å². The van der Waals surface area contributed by atoms with Gasteiger partial charge in [0.15, 0.2) is 10.6 Å². The van der Waals surface area contributed by atoms with Gasteiger partial charge in [-0.15, -0.1) is 11.3 Å². The van der Waals surface area contributed by atoms with Crippen LogP contribution in [0.2, 0.25) is 0 Å². The number of rotatable bonds is 5. The quantitative estimate of drug-likeness (QED) is 0.617. The van der Waals surface area contributed by atoms with E-state index in [1.54, 1.807) is 17.6 Å². The number of thiazole rings is 1. The third-order valence-corrected chi connectivity index (χ3v) is 4.59. The Labute approximate surface area is 140 Å². The number of aryl methyl sites for hydroxylation is 1. The molecule has 0 atom stereocenters. The van der Waals surface area contributed by atoms with E-state index < -0.39 is 0 Å². The van der Waals surface area contributed by atoms with Gasteiger partial charge in [0.25, 0.3) is 0 Å². The molecule has 4 heteroatoms. The largest absolute Gasteiger partial charge is 0.463 e. The van der Waals surface area contributed by atoms with Crippen molar-refractivity contribution in [2.24, 2.45) is 10.9 Å². The van der Waals surface area contributed by atoms with E-state index in [-0.39, 0.29) is 0 Å². The molecule has 0 aliphatic carbocycles. The van der Waals surface area contributed by atoms with Gasteiger partial charge < -0.3 is 8.98 Å². The van der Waals surface area contributed by atoms with E-state index in [1.165, 1.54) is 5.56 Å².